The molecular formula is C21H20ClN3O2. The van der Waals surface area contributed by atoms with E-state index in [2.05, 4.69) is 11.9 Å². The van der Waals surface area contributed by atoms with Gasteiger partial charge in [0.2, 0.25) is 11.3 Å². The number of carbonyl (C=O) groups is 1. The van der Waals surface area contributed by atoms with Crippen molar-refractivity contribution in [1.82, 2.24) is 9.88 Å². The van der Waals surface area contributed by atoms with E-state index in [0.29, 0.717) is 30.0 Å². The second-order valence-corrected chi connectivity index (χ2v) is 8.27. The summed E-state index contributed by atoms with van der Waals surface area (Å²) in [5, 5.41) is 9.78. The van der Waals surface area contributed by atoms with E-state index in [1.807, 2.05) is 36.1 Å². The molecule has 1 N–H and O–H groups in total. The van der Waals surface area contributed by atoms with Crippen molar-refractivity contribution in [3.05, 3.63) is 68.1 Å². The van der Waals surface area contributed by atoms with Gasteiger partial charge in [-0.25, -0.2) is 0 Å². The number of benzene rings is 1. The van der Waals surface area contributed by atoms with E-state index in [1.165, 1.54) is 6.20 Å². The molecule has 1 fully saturated rings. The Morgan fingerprint density at radius 1 is 1.41 bits per heavy atom. The molecule has 27 heavy (non-hydrogen) atoms. The first-order chi connectivity index (χ1) is 12.9. The average molecular weight is 382 g/mol. The van der Waals surface area contributed by atoms with Crippen LogP contribution in [0, 0.1) is 17.2 Å². The molecule has 2 aromatic rings. The second kappa shape index (κ2) is 6.24. The number of hydrogen-bond donors (Lipinski definition) is 1. The van der Waals surface area contributed by atoms with Crippen LogP contribution in [0.2, 0.25) is 5.02 Å². The van der Waals surface area contributed by atoms with Crippen LogP contribution < -0.4 is 5.43 Å². The van der Waals surface area contributed by atoms with Gasteiger partial charge < -0.3 is 9.88 Å². The number of likely N-dealkylation sites (tertiary alicyclic amines) is 1. The lowest BCUT2D eigenvalue weighted by molar-refractivity contribution is -0.139. The molecule has 1 aromatic carbocycles. The molecule has 0 saturated carbocycles. The number of amides is 1. The van der Waals surface area contributed by atoms with Gasteiger partial charge in [0.25, 0.3) is 0 Å². The zero-order valence-corrected chi connectivity index (χ0v) is 16.0. The number of nitrogens with zero attached hydrogens (tertiary/aromatic N) is 2. The van der Waals surface area contributed by atoms with E-state index in [-0.39, 0.29) is 28.9 Å². The summed E-state index contributed by atoms with van der Waals surface area (Å²) in [5.74, 6) is 0.276. The lowest BCUT2D eigenvalue weighted by Crippen LogP contribution is -2.52. The number of hydrogen-bond acceptors (Lipinski definition) is 3. The molecule has 1 amide bonds. The molecule has 2 heterocycles. The summed E-state index contributed by atoms with van der Waals surface area (Å²) in [5.41, 5.74) is 1.58. The highest BCUT2D eigenvalue weighted by Crippen LogP contribution is 2.48. The smallest absolute Gasteiger partial charge is 0.233 e. The summed E-state index contributed by atoms with van der Waals surface area (Å²) in [7, 11) is 0. The lowest BCUT2D eigenvalue weighted by atomic mass is 9.64. The first-order valence-corrected chi connectivity index (χ1v) is 9.44. The van der Waals surface area contributed by atoms with Crippen LogP contribution >= 0.6 is 11.6 Å². The molecule has 1 aliphatic carbocycles. The fraction of sp³-hybridized carbons (Fsp3) is 0.381. The van der Waals surface area contributed by atoms with E-state index in [0.717, 1.165) is 11.1 Å². The fourth-order valence-corrected chi connectivity index (χ4v) is 5.00. The van der Waals surface area contributed by atoms with E-state index in [9.17, 15) is 9.59 Å². The SMILES string of the molecule is C[C@@H]1C[C@@H](c2c[nH]cc(C#N)c2=O)N(C(=O)C2(C)Cc3cccc(Cl)c32)C1. The van der Waals surface area contributed by atoms with Crippen LogP contribution in [0.15, 0.2) is 35.4 Å². The van der Waals surface area contributed by atoms with Crippen molar-refractivity contribution in [1.29, 1.82) is 5.26 Å². The normalized spacial score (nSPS) is 26.2. The van der Waals surface area contributed by atoms with Gasteiger partial charge >= 0.3 is 0 Å². The third kappa shape index (κ3) is 2.59. The van der Waals surface area contributed by atoms with Gasteiger partial charge in [-0.3, -0.25) is 9.59 Å². The van der Waals surface area contributed by atoms with Gasteiger partial charge in [-0.2, -0.15) is 5.26 Å². The average Bonchev–Trinajstić information content (AvgIpc) is 3.01. The van der Waals surface area contributed by atoms with Crippen molar-refractivity contribution in [2.24, 2.45) is 5.92 Å². The first-order valence-electron chi connectivity index (χ1n) is 9.07. The Morgan fingerprint density at radius 3 is 2.89 bits per heavy atom. The molecule has 0 radical (unpaired) electrons. The summed E-state index contributed by atoms with van der Waals surface area (Å²) in [4.78, 5) is 30.9. The second-order valence-electron chi connectivity index (χ2n) is 7.86. The number of rotatable bonds is 2. The summed E-state index contributed by atoms with van der Waals surface area (Å²) in [6.45, 7) is 4.60. The third-order valence-electron chi connectivity index (χ3n) is 5.89. The Balaban J connectivity index is 1.73. The quantitative estimate of drug-likeness (QED) is 0.866. The van der Waals surface area contributed by atoms with Gasteiger partial charge in [-0.1, -0.05) is 30.7 Å². The number of aromatic nitrogens is 1. The minimum Gasteiger partial charge on any atom is -0.366 e. The molecule has 0 bridgehead atoms. The topological polar surface area (TPSA) is 77.0 Å². The maximum Gasteiger partial charge on any atom is 0.233 e. The highest BCUT2D eigenvalue weighted by molar-refractivity contribution is 6.32. The number of carbonyl (C=O) groups excluding carboxylic acids is 1. The molecule has 5 nitrogen and oxygen atoms in total. The van der Waals surface area contributed by atoms with Gasteiger partial charge in [0, 0.05) is 29.5 Å². The van der Waals surface area contributed by atoms with Crippen molar-refractivity contribution in [2.75, 3.05) is 6.54 Å². The number of nitrogens with one attached hydrogen (secondary N) is 1. The molecule has 1 saturated heterocycles. The predicted molar refractivity (Wildman–Crippen MR) is 103 cm³/mol. The highest BCUT2D eigenvalue weighted by atomic mass is 35.5. The first kappa shape index (κ1) is 17.8. The molecule has 3 atom stereocenters. The Morgan fingerprint density at radius 2 is 2.19 bits per heavy atom. The highest BCUT2D eigenvalue weighted by Gasteiger charge is 2.51. The number of pyridine rings is 1. The van der Waals surface area contributed by atoms with Crippen molar-refractivity contribution in [3.63, 3.8) is 0 Å². The third-order valence-corrected chi connectivity index (χ3v) is 6.21. The van der Waals surface area contributed by atoms with Crippen LogP contribution in [-0.2, 0) is 16.6 Å². The fourth-order valence-electron chi connectivity index (χ4n) is 4.59. The molecule has 138 valence electrons. The van der Waals surface area contributed by atoms with E-state index in [1.54, 1.807) is 6.20 Å². The van der Waals surface area contributed by atoms with Crippen molar-refractivity contribution in [2.45, 2.75) is 38.1 Å². The monoisotopic (exact) mass is 381 g/mol. The van der Waals surface area contributed by atoms with Gasteiger partial charge in [0.05, 0.1) is 11.5 Å². The van der Waals surface area contributed by atoms with Crippen LogP contribution in [-0.4, -0.2) is 22.3 Å². The summed E-state index contributed by atoms with van der Waals surface area (Å²) in [6, 6.07) is 7.32. The van der Waals surface area contributed by atoms with Crippen LogP contribution in [0.5, 0.6) is 0 Å². The molecule has 0 spiro atoms. The van der Waals surface area contributed by atoms with E-state index < -0.39 is 5.41 Å². The number of aromatic amines is 1. The summed E-state index contributed by atoms with van der Waals surface area (Å²) < 4.78 is 0. The van der Waals surface area contributed by atoms with Crippen LogP contribution in [0.1, 0.15) is 48.6 Å². The summed E-state index contributed by atoms with van der Waals surface area (Å²) >= 11 is 6.39. The van der Waals surface area contributed by atoms with Crippen molar-refractivity contribution >= 4 is 17.5 Å². The molecular weight excluding hydrogens is 362 g/mol. The van der Waals surface area contributed by atoms with E-state index in [4.69, 9.17) is 16.9 Å². The number of nitriles is 1. The maximum absolute atomic E-state index is 13.5. The number of halogens is 1. The Labute approximate surface area is 162 Å². The minimum atomic E-state index is -0.671. The molecule has 4 rings (SSSR count). The van der Waals surface area contributed by atoms with E-state index >= 15 is 0 Å². The number of H-pyrrole nitrogens is 1. The largest absolute Gasteiger partial charge is 0.366 e. The van der Waals surface area contributed by atoms with Gasteiger partial charge in [0.15, 0.2) is 0 Å². The molecule has 1 aliphatic heterocycles. The van der Waals surface area contributed by atoms with Gasteiger partial charge in [-0.05, 0) is 42.9 Å². The molecule has 6 heteroatoms. The Hall–Kier alpha value is -2.58. The zero-order valence-electron chi connectivity index (χ0n) is 15.3. The van der Waals surface area contributed by atoms with Crippen molar-refractivity contribution < 1.29 is 4.79 Å². The van der Waals surface area contributed by atoms with Crippen LogP contribution in [0.25, 0.3) is 0 Å². The minimum absolute atomic E-state index is 0.000731. The zero-order chi connectivity index (χ0) is 19.3. The maximum atomic E-state index is 13.5. The van der Waals surface area contributed by atoms with Crippen LogP contribution in [0.3, 0.4) is 0 Å². The van der Waals surface area contributed by atoms with Crippen LogP contribution in [0.4, 0.5) is 0 Å². The molecule has 1 unspecified atom stereocenters. The Kier molecular flexibility index (Phi) is 4.12. The standard InChI is InChI=1S/C21H20ClN3O2/c1-12-6-17(15-10-24-9-14(8-23)19(15)26)25(11-12)20(27)21(2)7-13-4-3-5-16(22)18(13)21/h3-5,9-10,12,17H,6-7,11H2,1-2H3,(H,24,26)/t12-,17+,21?/m1/s1. The lowest BCUT2D eigenvalue weighted by Gasteiger charge is -2.44. The van der Waals surface area contributed by atoms with Gasteiger partial charge in [-0.15, -0.1) is 0 Å². The number of fused-ring (bicyclic) bond motifs is 1. The Bertz CT molecular complexity index is 1020. The van der Waals surface area contributed by atoms with Gasteiger partial charge in [0.1, 0.15) is 11.6 Å². The molecule has 2 aliphatic rings. The summed E-state index contributed by atoms with van der Waals surface area (Å²) in [6.07, 6.45) is 4.37. The van der Waals surface area contributed by atoms with Crippen molar-refractivity contribution in [3.8, 4) is 6.07 Å². The predicted octanol–water partition coefficient (Wildman–Crippen LogP) is 3.32. The molecule has 1 aromatic heterocycles.